The van der Waals surface area contributed by atoms with Gasteiger partial charge in [0.1, 0.15) is 5.82 Å². The first-order valence-electron chi connectivity index (χ1n) is 9.74. The van der Waals surface area contributed by atoms with E-state index in [9.17, 15) is 4.79 Å². The van der Waals surface area contributed by atoms with Crippen molar-refractivity contribution in [3.05, 3.63) is 60.3 Å². The third kappa shape index (κ3) is 4.95. The molecule has 1 saturated heterocycles. The van der Waals surface area contributed by atoms with Crippen molar-refractivity contribution in [2.75, 3.05) is 42.9 Å². The highest BCUT2D eigenvalue weighted by molar-refractivity contribution is 5.93. The molecule has 0 bridgehead atoms. The molecular formula is C22H26N4O. The summed E-state index contributed by atoms with van der Waals surface area (Å²) in [6.07, 6.45) is 8.31. The molecule has 27 heavy (non-hydrogen) atoms. The number of hydrogen-bond acceptors (Lipinski definition) is 4. The van der Waals surface area contributed by atoms with Crippen LogP contribution in [0.2, 0.25) is 0 Å². The van der Waals surface area contributed by atoms with Gasteiger partial charge in [0.25, 0.3) is 0 Å². The van der Waals surface area contributed by atoms with Gasteiger partial charge < -0.3 is 10.2 Å². The van der Waals surface area contributed by atoms with E-state index in [2.05, 4.69) is 62.6 Å². The molecule has 1 saturated carbocycles. The number of carbonyl (C=O) groups is 1. The number of amides is 1. The molecule has 5 heteroatoms. The number of anilines is 2. The van der Waals surface area contributed by atoms with Crippen LogP contribution in [0.15, 0.2) is 54.7 Å². The second-order valence-corrected chi connectivity index (χ2v) is 7.27. The summed E-state index contributed by atoms with van der Waals surface area (Å²) in [6.45, 7) is 5.05. The lowest BCUT2D eigenvalue weighted by Crippen LogP contribution is -2.46. The second kappa shape index (κ2) is 8.35. The molecule has 2 heterocycles. The van der Waals surface area contributed by atoms with Crippen molar-refractivity contribution >= 4 is 23.5 Å². The standard InChI is InChI=1S/C22H26N4O/c27-22(19-8-9-19)24-21-11-10-20(17-23-21)26-15-13-25(14-16-26)12-4-7-18-5-2-1-3-6-18/h1-7,10-11,17,19H,8-9,12-16H2,(H,23,24,27)/b7-4+. The molecular weight excluding hydrogens is 336 g/mol. The van der Waals surface area contributed by atoms with Crippen LogP contribution in [-0.2, 0) is 4.79 Å². The molecule has 0 spiro atoms. The van der Waals surface area contributed by atoms with E-state index in [1.54, 1.807) is 0 Å². The topological polar surface area (TPSA) is 48.5 Å². The predicted octanol–water partition coefficient (Wildman–Crippen LogP) is 3.27. The first kappa shape index (κ1) is 17.7. The number of benzene rings is 1. The number of nitrogens with one attached hydrogen (secondary N) is 1. The van der Waals surface area contributed by atoms with Gasteiger partial charge in [-0.05, 0) is 30.5 Å². The average molecular weight is 362 g/mol. The van der Waals surface area contributed by atoms with E-state index in [0.29, 0.717) is 5.82 Å². The first-order valence-corrected chi connectivity index (χ1v) is 9.74. The number of pyridine rings is 1. The Morgan fingerprint density at radius 1 is 1.07 bits per heavy atom. The molecule has 1 aliphatic carbocycles. The Hall–Kier alpha value is -2.66. The molecule has 0 radical (unpaired) electrons. The summed E-state index contributed by atoms with van der Waals surface area (Å²) in [7, 11) is 0. The van der Waals surface area contributed by atoms with Crippen molar-refractivity contribution in [3.63, 3.8) is 0 Å². The number of aromatic nitrogens is 1. The van der Waals surface area contributed by atoms with Crippen molar-refractivity contribution in [1.82, 2.24) is 9.88 Å². The minimum atomic E-state index is 0.104. The minimum Gasteiger partial charge on any atom is -0.368 e. The maximum atomic E-state index is 11.8. The summed E-state index contributed by atoms with van der Waals surface area (Å²) >= 11 is 0. The predicted molar refractivity (Wildman–Crippen MR) is 110 cm³/mol. The smallest absolute Gasteiger partial charge is 0.228 e. The summed E-state index contributed by atoms with van der Waals surface area (Å²) in [5.74, 6) is 0.961. The van der Waals surface area contributed by atoms with Gasteiger partial charge in [0.15, 0.2) is 0 Å². The fourth-order valence-corrected chi connectivity index (χ4v) is 3.31. The molecule has 2 fully saturated rings. The number of rotatable bonds is 6. The van der Waals surface area contributed by atoms with Crippen LogP contribution in [0.5, 0.6) is 0 Å². The van der Waals surface area contributed by atoms with E-state index in [1.165, 1.54) is 5.56 Å². The summed E-state index contributed by atoms with van der Waals surface area (Å²) in [5.41, 5.74) is 2.37. The van der Waals surface area contributed by atoms with Gasteiger partial charge in [0.2, 0.25) is 5.91 Å². The molecule has 0 atom stereocenters. The van der Waals surface area contributed by atoms with E-state index in [1.807, 2.05) is 18.3 Å². The normalized spacial score (nSPS) is 18.0. The molecule has 2 aliphatic rings. The lowest BCUT2D eigenvalue weighted by atomic mass is 10.2. The Morgan fingerprint density at radius 3 is 2.52 bits per heavy atom. The molecule has 1 aliphatic heterocycles. The minimum absolute atomic E-state index is 0.104. The Morgan fingerprint density at radius 2 is 1.85 bits per heavy atom. The van der Waals surface area contributed by atoms with Crippen LogP contribution >= 0.6 is 0 Å². The fourth-order valence-electron chi connectivity index (χ4n) is 3.31. The lowest BCUT2D eigenvalue weighted by molar-refractivity contribution is -0.117. The second-order valence-electron chi connectivity index (χ2n) is 7.27. The van der Waals surface area contributed by atoms with Gasteiger partial charge in [0, 0.05) is 38.6 Å². The van der Waals surface area contributed by atoms with E-state index in [0.717, 1.165) is 51.3 Å². The van der Waals surface area contributed by atoms with Crippen molar-refractivity contribution in [2.45, 2.75) is 12.8 Å². The van der Waals surface area contributed by atoms with Gasteiger partial charge in [-0.1, -0.05) is 42.5 Å². The third-order valence-electron chi connectivity index (χ3n) is 5.16. The molecule has 2 aromatic rings. The van der Waals surface area contributed by atoms with Gasteiger partial charge in [-0.25, -0.2) is 4.98 Å². The largest absolute Gasteiger partial charge is 0.368 e. The van der Waals surface area contributed by atoms with Gasteiger partial charge in [0.05, 0.1) is 11.9 Å². The molecule has 140 valence electrons. The average Bonchev–Trinajstić information content (AvgIpc) is 3.56. The SMILES string of the molecule is O=C(Nc1ccc(N2CCN(C/C=C/c3ccccc3)CC2)cn1)C1CC1. The zero-order chi connectivity index (χ0) is 18.5. The fraction of sp³-hybridized carbons (Fsp3) is 0.364. The molecule has 1 N–H and O–H groups in total. The number of piperazine rings is 1. The van der Waals surface area contributed by atoms with E-state index in [4.69, 9.17) is 0 Å². The van der Waals surface area contributed by atoms with Crippen LogP contribution in [0.3, 0.4) is 0 Å². The van der Waals surface area contributed by atoms with Gasteiger partial charge in [-0.2, -0.15) is 0 Å². The van der Waals surface area contributed by atoms with Crippen molar-refractivity contribution in [1.29, 1.82) is 0 Å². The lowest BCUT2D eigenvalue weighted by Gasteiger charge is -2.35. The number of carbonyl (C=O) groups excluding carboxylic acids is 1. The van der Waals surface area contributed by atoms with Crippen LogP contribution in [-0.4, -0.2) is 48.5 Å². The highest BCUT2D eigenvalue weighted by Gasteiger charge is 2.29. The molecule has 1 aromatic carbocycles. The molecule has 5 nitrogen and oxygen atoms in total. The van der Waals surface area contributed by atoms with Crippen LogP contribution in [0, 0.1) is 5.92 Å². The van der Waals surface area contributed by atoms with Crippen molar-refractivity contribution < 1.29 is 4.79 Å². The zero-order valence-corrected chi connectivity index (χ0v) is 15.6. The van der Waals surface area contributed by atoms with Crippen LogP contribution < -0.4 is 10.2 Å². The highest BCUT2D eigenvalue weighted by Crippen LogP contribution is 2.30. The van der Waals surface area contributed by atoms with Crippen LogP contribution in [0.1, 0.15) is 18.4 Å². The zero-order valence-electron chi connectivity index (χ0n) is 15.6. The Balaban J connectivity index is 1.24. The Bertz CT molecular complexity index is 776. The monoisotopic (exact) mass is 362 g/mol. The first-order chi connectivity index (χ1) is 13.3. The van der Waals surface area contributed by atoms with E-state index >= 15 is 0 Å². The third-order valence-corrected chi connectivity index (χ3v) is 5.16. The molecule has 0 unspecified atom stereocenters. The summed E-state index contributed by atoms with van der Waals surface area (Å²) in [5, 5.41) is 2.89. The molecule has 4 rings (SSSR count). The van der Waals surface area contributed by atoms with Gasteiger partial charge >= 0.3 is 0 Å². The Labute approximate surface area is 160 Å². The molecule has 1 amide bonds. The maximum Gasteiger partial charge on any atom is 0.228 e. The van der Waals surface area contributed by atoms with Gasteiger partial charge in [-0.3, -0.25) is 9.69 Å². The summed E-state index contributed by atoms with van der Waals surface area (Å²) in [6, 6.07) is 14.4. The van der Waals surface area contributed by atoms with Crippen molar-refractivity contribution in [2.24, 2.45) is 5.92 Å². The maximum absolute atomic E-state index is 11.8. The summed E-state index contributed by atoms with van der Waals surface area (Å²) in [4.78, 5) is 21.0. The highest BCUT2D eigenvalue weighted by atomic mass is 16.2. The summed E-state index contributed by atoms with van der Waals surface area (Å²) < 4.78 is 0. The van der Waals surface area contributed by atoms with Crippen LogP contribution in [0.25, 0.3) is 6.08 Å². The Kier molecular flexibility index (Phi) is 5.49. The van der Waals surface area contributed by atoms with Crippen LogP contribution in [0.4, 0.5) is 11.5 Å². The van der Waals surface area contributed by atoms with E-state index < -0.39 is 0 Å². The quantitative estimate of drug-likeness (QED) is 0.857. The van der Waals surface area contributed by atoms with Gasteiger partial charge in [-0.15, -0.1) is 0 Å². The number of hydrogen-bond donors (Lipinski definition) is 1. The number of nitrogens with zero attached hydrogens (tertiary/aromatic N) is 3. The van der Waals surface area contributed by atoms with Crippen molar-refractivity contribution in [3.8, 4) is 0 Å². The molecule has 1 aromatic heterocycles. The van der Waals surface area contributed by atoms with E-state index in [-0.39, 0.29) is 11.8 Å².